The third kappa shape index (κ3) is 5.80. The minimum absolute atomic E-state index is 0.223. The van der Waals surface area contributed by atoms with E-state index in [0.717, 1.165) is 21.6 Å². The lowest BCUT2D eigenvalue weighted by Crippen LogP contribution is -2.55. The number of aromatic nitrogens is 2. The monoisotopic (exact) mass is 331 g/mol. The Morgan fingerprint density at radius 3 is 2.62 bits per heavy atom. The molecule has 1 unspecified atom stereocenters. The van der Waals surface area contributed by atoms with Crippen LogP contribution in [0.5, 0.6) is 0 Å². The van der Waals surface area contributed by atoms with Gasteiger partial charge in [0.15, 0.2) is 4.34 Å². The van der Waals surface area contributed by atoms with E-state index in [2.05, 4.69) is 15.5 Å². The van der Waals surface area contributed by atoms with E-state index in [0.29, 0.717) is 6.42 Å². The normalized spacial score (nSPS) is 14.2. The smallest absolute Gasteiger partial charge is 0.237 e. The second-order valence-corrected chi connectivity index (χ2v) is 7.99. The number of thioether (sulfide) groups is 1. The molecule has 3 N–H and O–H groups in total. The lowest BCUT2D eigenvalue weighted by atomic mass is 9.94. The summed E-state index contributed by atoms with van der Waals surface area (Å²) in [5.41, 5.74) is 4.87. The molecule has 1 heterocycles. The number of nitrogens with one attached hydrogen (secondary N) is 1. The summed E-state index contributed by atoms with van der Waals surface area (Å²) in [6, 6.07) is 0.223. The van der Waals surface area contributed by atoms with Crippen LogP contribution < -0.4 is 16.0 Å². The van der Waals surface area contributed by atoms with Crippen LogP contribution in [0.1, 0.15) is 33.6 Å². The van der Waals surface area contributed by atoms with Crippen LogP contribution in [0, 0.1) is 0 Å². The fourth-order valence-corrected chi connectivity index (χ4v) is 3.70. The van der Waals surface area contributed by atoms with Crippen LogP contribution in [-0.2, 0) is 4.79 Å². The third-order valence-corrected chi connectivity index (χ3v) is 5.29. The largest absolute Gasteiger partial charge is 0.368 e. The summed E-state index contributed by atoms with van der Waals surface area (Å²) >= 11 is 3.24. The molecular formula is C13H25N5OS2. The zero-order valence-corrected chi connectivity index (χ0v) is 15.0. The standard InChI is InChI=1S/C13H25N5OS2/c1-9(2)15-13(3,10(14)19)7-6-8-20-12-17-16-11(21-12)18(4)5/h9,15H,6-8H2,1-5H3,(H2,14,19). The highest BCUT2D eigenvalue weighted by atomic mass is 32.2. The average molecular weight is 332 g/mol. The van der Waals surface area contributed by atoms with Crippen molar-refractivity contribution in [1.29, 1.82) is 0 Å². The summed E-state index contributed by atoms with van der Waals surface area (Å²) in [7, 11) is 3.90. The van der Waals surface area contributed by atoms with Gasteiger partial charge in [-0.05, 0) is 33.6 Å². The fraction of sp³-hybridized carbons (Fsp3) is 0.769. The van der Waals surface area contributed by atoms with Gasteiger partial charge in [0.05, 0.1) is 5.54 Å². The van der Waals surface area contributed by atoms with E-state index in [-0.39, 0.29) is 11.9 Å². The number of hydrogen-bond acceptors (Lipinski definition) is 7. The molecule has 1 rings (SSSR count). The molecular weight excluding hydrogens is 306 g/mol. The number of anilines is 1. The van der Waals surface area contributed by atoms with Crippen molar-refractivity contribution in [2.24, 2.45) is 5.73 Å². The first-order valence-corrected chi connectivity index (χ1v) is 8.76. The molecule has 6 nitrogen and oxygen atoms in total. The minimum atomic E-state index is -0.648. The molecule has 1 aromatic heterocycles. The Balaban J connectivity index is 2.42. The van der Waals surface area contributed by atoms with Crippen molar-refractivity contribution in [2.45, 2.75) is 49.5 Å². The maximum absolute atomic E-state index is 11.6. The molecule has 0 bridgehead atoms. The van der Waals surface area contributed by atoms with Crippen molar-refractivity contribution in [1.82, 2.24) is 15.5 Å². The summed E-state index contributed by atoms with van der Waals surface area (Å²) in [6.07, 6.45) is 1.60. The molecule has 21 heavy (non-hydrogen) atoms. The van der Waals surface area contributed by atoms with Crippen LogP contribution in [-0.4, -0.2) is 47.5 Å². The Hall–Kier alpha value is -0.860. The zero-order valence-electron chi connectivity index (χ0n) is 13.3. The maximum atomic E-state index is 11.6. The second kappa shape index (κ2) is 7.95. The predicted molar refractivity (Wildman–Crippen MR) is 90.1 cm³/mol. The van der Waals surface area contributed by atoms with Gasteiger partial charge in [0.2, 0.25) is 11.0 Å². The van der Waals surface area contributed by atoms with E-state index >= 15 is 0 Å². The average Bonchev–Trinajstić information content (AvgIpc) is 2.82. The molecule has 8 heteroatoms. The topological polar surface area (TPSA) is 84.1 Å². The van der Waals surface area contributed by atoms with Gasteiger partial charge >= 0.3 is 0 Å². The molecule has 0 aliphatic carbocycles. The molecule has 1 aromatic rings. The Labute approximate surface area is 134 Å². The van der Waals surface area contributed by atoms with E-state index in [1.807, 2.05) is 39.8 Å². The molecule has 0 fully saturated rings. The number of hydrogen-bond donors (Lipinski definition) is 2. The van der Waals surface area contributed by atoms with Crippen LogP contribution in [0.4, 0.5) is 5.13 Å². The summed E-state index contributed by atoms with van der Waals surface area (Å²) in [5.74, 6) is 0.594. The Morgan fingerprint density at radius 1 is 1.48 bits per heavy atom. The second-order valence-electron chi connectivity index (χ2n) is 5.69. The number of nitrogens with two attached hydrogens (primary N) is 1. The first-order chi connectivity index (χ1) is 9.74. The molecule has 0 spiro atoms. The predicted octanol–water partition coefficient (Wildman–Crippen LogP) is 1.72. The van der Waals surface area contributed by atoms with Gasteiger partial charge in [0.25, 0.3) is 0 Å². The summed E-state index contributed by atoms with van der Waals surface area (Å²) < 4.78 is 0.955. The van der Waals surface area contributed by atoms with E-state index in [1.165, 1.54) is 0 Å². The van der Waals surface area contributed by atoms with Gasteiger partial charge in [-0.15, -0.1) is 10.2 Å². The van der Waals surface area contributed by atoms with Gasteiger partial charge in [-0.3, -0.25) is 4.79 Å². The van der Waals surface area contributed by atoms with Gasteiger partial charge in [-0.25, -0.2) is 0 Å². The molecule has 0 aliphatic rings. The minimum Gasteiger partial charge on any atom is -0.368 e. The van der Waals surface area contributed by atoms with E-state index in [9.17, 15) is 4.79 Å². The van der Waals surface area contributed by atoms with Crippen molar-refractivity contribution < 1.29 is 4.79 Å². The van der Waals surface area contributed by atoms with Crippen molar-refractivity contribution >= 4 is 34.1 Å². The van der Waals surface area contributed by atoms with Crippen molar-refractivity contribution in [3.63, 3.8) is 0 Å². The fourth-order valence-electron chi connectivity index (χ4n) is 1.93. The molecule has 1 atom stereocenters. The van der Waals surface area contributed by atoms with Crippen molar-refractivity contribution in [3.8, 4) is 0 Å². The van der Waals surface area contributed by atoms with Gasteiger partial charge < -0.3 is 16.0 Å². The van der Waals surface area contributed by atoms with Crippen LogP contribution in [0.15, 0.2) is 4.34 Å². The van der Waals surface area contributed by atoms with Gasteiger partial charge in [0, 0.05) is 25.9 Å². The lowest BCUT2D eigenvalue weighted by Gasteiger charge is -2.29. The number of carbonyl (C=O) groups excluding carboxylic acids is 1. The van der Waals surface area contributed by atoms with Crippen molar-refractivity contribution in [2.75, 3.05) is 24.7 Å². The maximum Gasteiger partial charge on any atom is 0.237 e. The number of carbonyl (C=O) groups is 1. The SMILES string of the molecule is CC(C)NC(C)(CCCSc1nnc(N(C)C)s1)C(N)=O. The molecule has 120 valence electrons. The molecule has 0 saturated heterocycles. The Bertz CT molecular complexity index is 463. The highest BCUT2D eigenvalue weighted by Crippen LogP contribution is 2.28. The number of rotatable bonds is 9. The van der Waals surface area contributed by atoms with E-state index in [1.54, 1.807) is 23.1 Å². The summed E-state index contributed by atoms with van der Waals surface area (Å²) in [4.78, 5) is 13.6. The van der Waals surface area contributed by atoms with Gasteiger partial charge in [-0.1, -0.05) is 23.1 Å². The van der Waals surface area contributed by atoms with Crippen LogP contribution >= 0.6 is 23.1 Å². The first-order valence-electron chi connectivity index (χ1n) is 6.96. The van der Waals surface area contributed by atoms with E-state index in [4.69, 9.17) is 5.73 Å². The van der Waals surface area contributed by atoms with Crippen LogP contribution in [0.3, 0.4) is 0 Å². The molecule has 0 radical (unpaired) electrons. The summed E-state index contributed by atoms with van der Waals surface area (Å²) in [6.45, 7) is 5.90. The van der Waals surface area contributed by atoms with Gasteiger partial charge in [0.1, 0.15) is 0 Å². The third-order valence-electron chi connectivity index (χ3n) is 2.98. The highest BCUT2D eigenvalue weighted by molar-refractivity contribution is 8.01. The number of nitrogens with zero attached hydrogens (tertiary/aromatic N) is 3. The lowest BCUT2D eigenvalue weighted by molar-refractivity contribution is -0.124. The molecule has 0 aliphatic heterocycles. The number of amides is 1. The molecule has 0 saturated carbocycles. The Kier molecular flexibility index (Phi) is 6.89. The zero-order chi connectivity index (χ0) is 16.0. The van der Waals surface area contributed by atoms with Crippen LogP contribution in [0.2, 0.25) is 0 Å². The van der Waals surface area contributed by atoms with Crippen LogP contribution in [0.25, 0.3) is 0 Å². The first kappa shape index (κ1) is 18.2. The number of primary amides is 1. The highest BCUT2D eigenvalue weighted by Gasteiger charge is 2.30. The molecule has 1 amide bonds. The quantitative estimate of drug-likeness (QED) is 0.529. The summed E-state index contributed by atoms with van der Waals surface area (Å²) in [5, 5.41) is 12.4. The van der Waals surface area contributed by atoms with E-state index < -0.39 is 5.54 Å². The van der Waals surface area contributed by atoms with Crippen molar-refractivity contribution in [3.05, 3.63) is 0 Å². The van der Waals surface area contributed by atoms with Gasteiger partial charge in [-0.2, -0.15) is 0 Å². The molecule has 0 aromatic carbocycles. The Morgan fingerprint density at radius 2 is 2.14 bits per heavy atom.